The van der Waals surface area contributed by atoms with Gasteiger partial charge in [-0.05, 0) is 53.4 Å². The molecule has 0 atom stereocenters. The van der Waals surface area contributed by atoms with Crippen molar-refractivity contribution in [3.63, 3.8) is 0 Å². The second kappa shape index (κ2) is 6.41. The molecule has 0 fully saturated rings. The van der Waals surface area contributed by atoms with Gasteiger partial charge in [-0.15, -0.1) is 0 Å². The Balaban J connectivity index is 2.75. The predicted molar refractivity (Wildman–Crippen MR) is 76.2 cm³/mol. The largest absolute Gasteiger partial charge is 0.507 e. The van der Waals surface area contributed by atoms with Crippen LogP contribution in [-0.4, -0.2) is 22.6 Å². The first-order chi connectivity index (χ1) is 7.90. The summed E-state index contributed by atoms with van der Waals surface area (Å²) in [7, 11) is 0. The van der Waals surface area contributed by atoms with Crippen LogP contribution in [0.3, 0.4) is 0 Å². The molecule has 0 saturated heterocycles. The summed E-state index contributed by atoms with van der Waals surface area (Å²) in [6.45, 7) is 10.9. The van der Waals surface area contributed by atoms with E-state index in [-0.39, 0.29) is 0 Å². The smallest absolute Gasteiger partial charge is 0.129 e. The van der Waals surface area contributed by atoms with Crippen molar-refractivity contribution in [1.82, 2.24) is 4.90 Å². The molecule has 0 aliphatic rings. The van der Waals surface area contributed by atoms with E-state index in [0.29, 0.717) is 17.7 Å². The van der Waals surface area contributed by atoms with Crippen molar-refractivity contribution in [3.8, 4) is 5.75 Å². The molecule has 96 valence electrons. The van der Waals surface area contributed by atoms with Crippen molar-refractivity contribution in [2.45, 2.75) is 40.3 Å². The Kier molecular flexibility index (Phi) is 5.47. The summed E-state index contributed by atoms with van der Waals surface area (Å²) in [5.74, 6) is 0.965. The van der Waals surface area contributed by atoms with Gasteiger partial charge in [-0.25, -0.2) is 0 Å². The number of halogens is 1. The summed E-state index contributed by atoms with van der Waals surface area (Å²) < 4.78 is 0.767. The Labute approximate surface area is 113 Å². The lowest BCUT2D eigenvalue weighted by atomic mass is 10.1. The van der Waals surface area contributed by atoms with Crippen molar-refractivity contribution in [2.24, 2.45) is 5.92 Å². The van der Waals surface area contributed by atoms with Gasteiger partial charge in [0, 0.05) is 19.1 Å². The lowest BCUT2D eigenvalue weighted by molar-refractivity contribution is 0.189. The molecule has 0 unspecified atom stereocenters. The lowest BCUT2D eigenvalue weighted by Gasteiger charge is -2.28. The maximum atomic E-state index is 9.47. The maximum absolute atomic E-state index is 9.47. The summed E-state index contributed by atoms with van der Waals surface area (Å²) in [6.07, 6.45) is 0. The van der Waals surface area contributed by atoms with Gasteiger partial charge in [0.05, 0.1) is 4.47 Å². The molecule has 0 aromatic heterocycles. The second-order valence-corrected chi connectivity index (χ2v) is 6.06. The number of nitrogens with zero attached hydrogens (tertiary/aromatic N) is 1. The standard InChI is InChI=1S/C14H22BrNO/c1-10(2)8-16(11(3)4)9-12-5-6-14(17)13(15)7-12/h5-7,10-11,17H,8-9H2,1-4H3. The van der Waals surface area contributed by atoms with Crippen molar-refractivity contribution in [1.29, 1.82) is 0 Å². The average Bonchev–Trinajstić information content (AvgIpc) is 2.21. The van der Waals surface area contributed by atoms with Gasteiger partial charge in [0.15, 0.2) is 0 Å². The molecule has 1 rings (SSSR count). The first kappa shape index (κ1) is 14.5. The molecule has 2 nitrogen and oxygen atoms in total. The maximum Gasteiger partial charge on any atom is 0.129 e. The average molecular weight is 300 g/mol. The molecule has 0 saturated carbocycles. The van der Waals surface area contributed by atoms with Gasteiger partial charge in [0.25, 0.3) is 0 Å². The van der Waals surface area contributed by atoms with Crippen LogP contribution in [0.25, 0.3) is 0 Å². The minimum atomic E-state index is 0.300. The normalized spacial score (nSPS) is 11.8. The van der Waals surface area contributed by atoms with E-state index in [1.165, 1.54) is 5.56 Å². The highest BCUT2D eigenvalue weighted by atomic mass is 79.9. The van der Waals surface area contributed by atoms with Crippen LogP contribution in [0.15, 0.2) is 22.7 Å². The number of benzene rings is 1. The van der Waals surface area contributed by atoms with Gasteiger partial charge in [-0.3, -0.25) is 4.90 Å². The molecule has 0 heterocycles. The van der Waals surface area contributed by atoms with Crippen molar-refractivity contribution in [3.05, 3.63) is 28.2 Å². The van der Waals surface area contributed by atoms with Gasteiger partial charge < -0.3 is 5.11 Å². The first-order valence-electron chi connectivity index (χ1n) is 6.11. The molecule has 0 spiro atoms. The number of hydrogen-bond donors (Lipinski definition) is 1. The zero-order valence-corrected chi connectivity index (χ0v) is 12.7. The molecule has 1 aromatic rings. The monoisotopic (exact) mass is 299 g/mol. The summed E-state index contributed by atoms with van der Waals surface area (Å²) in [5.41, 5.74) is 1.23. The molecule has 17 heavy (non-hydrogen) atoms. The molecule has 1 aromatic carbocycles. The van der Waals surface area contributed by atoms with Gasteiger partial charge in [-0.1, -0.05) is 19.9 Å². The van der Waals surface area contributed by atoms with Crippen LogP contribution < -0.4 is 0 Å². The SMILES string of the molecule is CC(C)CN(Cc1ccc(O)c(Br)c1)C(C)C. The zero-order chi connectivity index (χ0) is 13.0. The Morgan fingerprint density at radius 1 is 1.24 bits per heavy atom. The molecular weight excluding hydrogens is 278 g/mol. The van der Waals surface area contributed by atoms with Crippen LogP contribution >= 0.6 is 15.9 Å². The Hall–Kier alpha value is -0.540. The fourth-order valence-corrected chi connectivity index (χ4v) is 2.24. The first-order valence-corrected chi connectivity index (χ1v) is 6.91. The quantitative estimate of drug-likeness (QED) is 0.887. The summed E-state index contributed by atoms with van der Waals surface area (Å²) >= 11 is 3.36. The highest BCUT2D eigenvalue weighted by Gasteiger charge is 2.12. The number of phenols is 1. The van der Waals surface area contributed by atoms with E-state index in [2.05, 4.69) is 48.5 Å². The van der Waals surface area contributed by atoms with Crippen LogP contribution in [0.1, 0.15) is 33.3 Å². The van der Waals surface area contributed by atoms with Gasteiger partial charge in [0.2, 0.25) is 0 Å². The van der Waals surface area contributed by atoms with Crippen molar-refractivity contribution in [2.75, 3.05) is 6.54 Å². The number of phenolic OH excluding ortho intramolecular Hbond substituents is 1. The van der Waals surface area contributed by atoms with E-state index in [9.17, 15) is 5.11 Å². The third-order valence-corrected chi connectivity index (χ3v) is 3.36. The van der Waals surface area contributed by atoms with Gasteiger partial charge in [-0.2, -0.15) is 0 Å². The number of aromatic hydroxyl groups is 1. The molecule has 0 bridgehead atoms. The summed E-state index contributed by atoms with van der Waals surface area (Å²) in [6, 6.07) is 6.25. The molecule has 0 aliphatic heterocycles. The van der Waals surface area contributed by atoms with Gasteiger partial charge >= 0.3 is 0 Å². The second-order valence-electron chi connectivity index (χ2n) is 5.20. The fraction of sp³-hybridized carbons (Fsp3) is 0.571. The van der Waals surface area contributed by atoms with Crippen molar-refractivity contribution < 1.29 is 5.11 Å². The molecule has 1 N–H and O–H groups in total. The zero-order valence-electron chi connectivity index (χ0n) is 11.1. The van der Waals surface area contributed by atoms with E-state index in [0.717, 1.165) is 17.6 Å². The predicted octanol–water partition coefficient (Wildman–Crippen LogP) is 4.02. The number of hydrogen-bond acceptors (Lipinski definition) is 2. The third kappa shape index (κ3) is 4.68. The Morgan fingerprint density at radius 3 is 2.35 bits per heavy atom. The highest BCUT2D eigenvalue weighted by Crippen LogP contribution is 2.25. The van der Waals surface area contributed by atoms with E-state index < -0.39 is 0 Å². The minimum absolute atomic E-state index is 0.300. The third-order valence-electron chi connectivity index (χ3n) is 2.73. The topological polar surface area (TPSA) is 23.5 Å². The van der Waals surface area contributed by atoms with Crippen LogP contribution in [0.5, 0.6) is 5.75 Å². The van der Waals surface area contributed by atoms with Crippen molar-refractivity contribution >= 4 is 15.9 Å². The van der Waals surface area contributed by atoms with Crippen LogP contribution in [0.4, 0.5) is 0 Å². The minimum Gasteiger partial charge on any atom is -0.507 e. The van der Waals surface area contributed by atoms with Crippen LogP contribution in [0.2, 0.25) is 0 Å². The molecule has 0 radical (unpaired) electrons. The number of rotatable bonds is 5. The molecule has 0 aliphatic carbocycles. The highest BCUT2D eigenvalue weighted by molar-refractivity contribution is 9.10. The van der Waals surface area contributed by atoms with Crippen LogP contribution in [-0.2, 0) is 6.54 Å². The van der Waals surface area contributed by atoms with Gasteiger partial charge in [0.1, 0.15) is 5.75 Å². The fourth-order valence-electron chi connectivity index (χ4n) is 1.81. The Bertz CT molecular complexity index is 363. The molecule has 3 heteroatoms. The van der Waals surface area contributed by atoms with E-state index in [4.69, 9.17) is 0 Å². The lowest BCUT2D eigenvalue weighted by Crippen LogP contribution is -2.33. The Morgan fingerprint density at radius 2 is 1.88 bits per heavy atom. The molecule has 0 amide bonds. The summed E-state index contributed by atoms with van der Waals surface area (Å²) in [4.78, 5) is 2.45. The van der Waals surface area contributed by atoms with E-state index in [1.807, 2.05) is 12.1 Å². The summed E-state index contributed by atoms with van der Waals surface area (Å²) in [5, 5.41) is 9.47. The van der Waals surface area contributed by atoms with Crippen LogP contribution in [0, 0.1) is 5.92 Å². The molecular formula is C14H22BrNO. The van der Waals surface area contributed by atoms with E-state index in [1.54, 1.807) is 6.07 Å². The van der Waals surface area contributed by atoms with E-state index >= 15 is 0 Å².